The molecule has 0 bridgehead atoms. The fraction of sp³-hybridized carbons (Fsp3) is 0.385. The lowest BCUT2D eigenvalue weighted by Crippen LogP contribution is -2.26. The first kappa shape index (κ1) is 12.6. The van der Waals surface area contributed by atoms with Gasteiger partial charge in [0, 0.05) is 31.0 Å². The summed E-state index contributed by atoms with van der Waals surface area (Å²) < 4.78 is 1.73. The number of carbonyl (C=O) groups is 1. The molecule has 7 nitrogen and oxygen atoms in total. The number of aryl methyl sites for hydroxylation is 2. The van der Waals surface area contributed by atoms with Crippen molar-refractivity contribution < 1.29 is 4.79 Å². The molecular weight excluding hydrogens is 256 g/mol. The third-order valence-corrected chi connectivity index (χ3v) is 3.68. The molecule has 3 rings (SSSR count). The molecule has 1 aliphatic heterocycles. The zero-order valence-electron chi connectivity index (χ0n) is 11.7. The Bertz CT molecular complexity index is 705. The maximum atomic E-state index is 12.6. The minimum Gasteiger partial charge on any atom is -0.368 e. The highest BCUT2D eigenvalue weighted by Crippen LogP contribution is 2.24. The molecule has 0 aromatic carbocycles. The van der Waals surface area contributed by atoms with Crippen molar-refractivity contribution in [2.75, 3.05) is 5.73 Å². The van der Waals surface area contributed by atoms with Crippen molar-refractivity contribution in [1.29, 1.82) is 0 Å². The maximum absolute atomic E-state index is 12.6. The molecule has 3 heterocycles. The van der Waals surface area contributed by atoms with Gasteiger partial charge in [0.05, 0.1) is 23.5 Å². The lowest BCUT2D eigenvalue weighted by Gasteiger charge is -2.15. The van der Waals surface area contributed by atoms with Crippen molar-refractivity contribution in [2.24, 2.45) is 7.05 Å². The first-order valence-corrected chi connectivity index (χ1v) is 6.37. The van der Waals surface area contributed by atoms with Crippen LogP contribution in [0.2, 0.25) is 0 Å². The molecule has 0 radical (unpaired) electrons. The fourth-order valence-electron chi connectivity index (χ4n) is 2.55. The van der Waals surface area contributed by atoms with Gasteiger partial charge in [-0.3, -0.25) is 9.48 Å². The summed E-state index contributed by atoms with van der Waals surface area (Å²) in [5.74, 6) is 0.219. The minimum atomic E-state index is -0.0235. The van der Waals surface area contributed by atoms with Crippen LogP contribution in [0.1, 0.15) is 33.0 Å². The number of aromatic nitrogens is 4. The van der Waals surface area contributed by atoms with E-state index in [-0.39, 0.29) is 11.9 Å². The molecule has 0 aliphatic carbocycles. The minimum absolute atomic E-state index is 0.0235. The second kappa shape index (κ2) is 4.29. The highest BCUT2D eigenvalue weighted by molar-refractivity contribution is 5.96. The third-order valence-electron chi connectivity index (χ3n) is 3.68. The van der Waals surface area contributed by atoms with E-state index in [0.29, 0.717) is 18.7 Å². The van der Waals surface area contributed by atoms with Crippen LogP contribution < -0.4 is 5.73 Å². The number of hydrogen-bond donors (Lipinski definition) is 1. The molecule has 2 aromatic heterocycles. The standard InChI is InChI=1S/C13H16N6O/c1-7-11(8(2)18(3)17-7)12(20)19-5-9-4-15-13(14)16-10(9)6-19/h4H,5-6H2,1-3H3,(H2,14,15,16). The van der Waals surface area contributed by atoms with E-state index in [4.69, 9.17) is 5.73 Å². The monoisotopic (exact) mass is 272 g/mol. The zero-order chi connectivity index (χ0) is 14.4. The topological polar surface area (TPSA) is 89.9 Å². The fourth-order valence-corrected chi connectivity index (χ4v) is 2.55. The third kappa shape index (κ3) is 1.82. The van der Waals surface area contributed by atoms with Crippen LogP contribution in [0.3, 0.4) is 0 Å². The van der Waals surface area contributed by atoms with Gasteiger partial charge in [0.2, 0.25) is 5.95 Å². The average molecular weight is 272 g/mol. The van der Waals surface area contributed by atoms with Gasteiger partial charge in [0.25, 0.3) is 5.91 Å². The summed E-state index contributed by atoms with van der Waals surface area (Å²) in [6.45, 7) is 4.73. The van der Waals surface area contributed by atoms with Crippen molar-refractivity contribution in [2.45, 2.75) is 26.9 Å². The number of anilines is 1. The van der Waals surface area contributed by atoms with Crippen molar-refractivity contribution in [3.8, 4) is 0 Å². The second-order valence-corrected chi connectivity index (χ2v) is 5.03. The summed E-state index contributed by atoms with van der Waals surface area (Å²) in [5.41, 5.74) is 9.63. The molecule has 0 saturated carbocycles. The molecule has 2 aromatic rings. The van der Waals surface area contributed by atoms with Crippen LogP contribution in [-0.2, 0) is 20.1 Å². The van der Waals surface area contributed by atoms with E-state index in [1.54, 1.807) is 15.8 Å². The molecule has 0 unspecified atom stereocenters. The van der Waals surface area contributed by atoms with Gasteiger partial charge >= 0.3 is 0 Å². The number of amides is 1. The highest BCUT2D eigenvalue weighted by Gasteiger charge is 2.29. The second-order valence-electron chi connectivity index (χ2n) is 5.03. The predicted molar refractivity (Wildman–Crippen MR) is 72.7 cm³/mol. The molecule has 2 N–H and O–H groups in total. The molecule has 1 aliphatic rings. The average Bonchev–Trinajstić information content (AvgIpc) is 2.91. The first-order chi connectivity index (χ1) is 9.47. The van der Waals surface area contributed by atoms with Crippen LogP contribution in [0.25, 0.3) is 0 Å². The summed E-state index contributed by atoms with van der Waals surface area (Å²) in [6.07, 6.45) is 1.69. The summed E-state index contributed by atoms with van der Waals surface area (Å²) in [4.78, 5) is 22.5. The van der Waals surface area contributed by atoms with E-state index in [1.165, 1.54) is 0 Å². The van der Waals surface area contributed by atoms with Gasteiger partial charge in [-0.2, -0.15) is 5.10 Å². The van der Waals surface area contributed by atoms with E-state index < -0.39 is 0 Å². The number of hydrogen-bond acceptors (Lipinski definition) is 5. The van der Waals surface area contributed by atoms with Crippen LogP contribution in [-0.4, -0.2) is 30.6 Å². The normalized spacial score (nSPS) is 13.7. The zero-order valence-corrected chi connectivity index (χ0v) is 11.7. The highest BCUT2D eigenvalue weighted by atomic mass is 16.2. The maximum Gasteiger partial charge on any atom is 0.258 e. The molecule has 0 fully saturated rings. The van der Waals surface area contributed by atoms with E-state index in [2.05, 4.69) is 15.1 Å². The Hall–Kier alpha value is -2.44. The summed E-state index contributed by atoms with van der Waals surface area (Å²) in [5, 5.41) is 4.29. The van der Waals surface area contributed by atoms with Crippen molar-refractivity contribution in [1.82, 2.24) is 24.6 Å². The Kier molecular flexibility index (Phi) is 2.70. The van der Waals surface area contributed by atoms with Gasteiger partial charge in [-0.15, -0.1) is 0 Å². The Balaban J connectivity index is 1.91. The number of nitrogen functional groups attached to an aromatic ring is 1. The van der Waals surface area contributed by atoms with Gasteiger partial charge in [-0.05, 0) is 13.8 Å². The van der Waals surface area contributed by atoms with Gasteiger partial charge in [-0.1, -0.05) is 0 Å². The SMILES string of the molecule is Cc1nn(C)c(C)c1C(=O)N1Cc2cnc(N)nc2C1. The van der Waals surface area contributed by atoms with Crippen LogP contribution in [0, 0.1) is 13.8 Å². The lowest BCUT2D eigenvalue weighted by molar-refractivity contribution is 0.0749. The first-order valence-electron chi connectivity index (χ1n) is 6.37. The van der Waals surface area contributed by atoms with Crippen LogP contribution in [0.5, 0.6) is 0 Å². The molecule has 104 valence electrons. The number of rotatable bonds is 1. The molecule has 0 spiro atoms. The van der Waals surface area contributed by atoms with E-state index >= 15 is 0 Å². The quantitative estimate of drug-likeness (QED) is 0.819. The summed E-state index contributed by atoms with van der Waals surface area (Å²) in [7, 11) is 1.84. The molecule has 0 saturated heterocycles. The smallest absolute Gasteiger partial charge is 0.258 e. The molecule has 7 heteroatoms. The molecule has 1 amide bonds. The Morgan fingerprint density at radius 1 is 1.35 bits per heavy atom. The summed E-state index contributed by atoms with van der Waals surface area (Å²) in [6, 6.07) is 0. The van der Waals surface area contributed by atoms with Gasteiger partial charge in [0.15, 0.2) is 0 Å². The Morgan fingerprint density at radius 2 is 2.10 bits per heavy atom. The van der Waals surface area contributed by atoms with Crippen molar-refractivity contribution in [3.05, 3.63) is 34.4 Å². The van der Waals surface area contributed by atoms with Crippen LogP contribution in [0.15, 0.2) is 6.20 Å². The van der Waals surface area contributed by atoms with E-state index in [9.17, 15) is 4.79 Å². The predicted octanol–water partition coefficient (Wildman–Crippen LogP) is 0.565. The van der Waals surface area contributed by atoms with E-state index in [1.807, 2.05) is 20.9 Å². The van der Waals surface area contributed by atoms with Gasteiger partial charge < -0.3 is 10.6 Å². The lowest BCUT2D eigenvalue weighted by atomic mass is 10.1. The van der Waals surface area contributed by atoms with Crippen molar-refractivity contribution >= 4 is 11.9 Å². The van der Waals surface area contributed by atoms with Gasteiger partial charge in [-0.25, -0.2) is 9.97 Å². The number of fused-ring (bicyclic) bond motifs is 1. The van der Waals surface area contributed by atoms with Crippen molar-refractivity contribution in [3.63, 3.8) is 0 Å². The Morgan fingerprint density at radius 3 is 2.75 bits per heavy atom. The molecule has 20 heavy (non-hydrogen) atoms. The number of nitrogens with two attached hydrogens (primary N) is 1. The molecule has 0 atom stereocenters. The van der Waals surface area contributed by atoms with Crippen LogP contribution >= 0.6 is 0 Å². The number of carbonyl (C=O) groups excluding carboxylic acids is 1. The summed E-state index contributed by atoms with van der Waals surface area (Å²) >= 11 is 0. The van der Waals surface area contributed by atoms with Gasteiger partial charge in [0.1, 0.15) is 0 Å². The largest absolute Gasteiger partial charge is 0.368 e. The molecular formula is C13H16N6O. The van der Waals surface area contributed by atoms with Crippen LogP contribution in [0.4, 0.5) is 5.95 Å². The van der Waals surface area contributed by atoms with E-state index in [0.717, 1.165) is 22.6 Å². The Labute approximate surface area is 116 Å². The number of nitrogens with zero attached hydrogens (tertiary/aromatic N) is 5.